The molecule has 0 aliphatic heterocycles. The Morgan fingerprint density at radius 1 is 1.35 bits per heavy atom. The molecule has 1 aromatic rings. The van der Waals surface area contributed by atoms with Crippen LogP contribution >= 0.6 is 67.8 Å². The number of hydrogen-bond acceptors (Lipinski definition) is 4. The summed E-state index contributed by atoms with van der Waals surface area (Å²) in [5.41, 5.74) is 5.70. The summed E-state index contributed by atoms with van der Waals surface area (Å²) in [6.07, 6.45) is 4.92. The molecule has 1 aliphatic carbocycles. The van der Waals surface area contributed by atoms with Crippen molar-refractivity contribution in [2.24, 2.45) is 5.73 Å². The molecular formula is C15H16I3NO4. The molecule has 0 bridgehead atoms. The average Bonchev–Trinajstić information content (AvgIpc) is 2.43. The van der Waals surface area contributed by atoms with Crippen molar-refractivity contribution < 1.29 is 19.7 Å². The first-order valence-corrected chi connectivity index (χ1v) is 10.1. The number of allylic oxidation sites excluding steroid dienone is 1. The van der Waals surface area contributed by atoms with Gasteiger partial charge in [-0.2, -0.15) is 0 Å². The second-order valence-electron chi connectivity index (χ2n) is 5.51. The maximum atomic E-state index is 11.0. The smallest absolute Gasteiger partial charge is 0.320 e. The Hall–Kier alpha value is 0.180. The first-order chi connectivity index (χ1) is 10.6. The molecular weight excluding hydrogens is 639 g/mol. The van der Waals surface area contributed by atoms with Crippen LogP contribution in [-0.4, -0.2) is 33.2 Å². The van der Waals surface area contributed by atoms with Gasteiger partial charge in [-0.15, -0.1) is 0 Å². The number of carbonyl (C=O) groups is 1. The normalized spacial score (nSPS) is 27.4. The van der Waals surface area contributed by atoms with E-state index >= 15 is 0 Å². The molecule has 3 atom stereocenters. The Balaban J connectivity index is 2.13. The van der Waals surface area contributed by atoms with Gasteiger partial charge in [-0.05, 0) is 43.2 Å². The molecule has 0 heterocycles. The molecule has 0 amide bonds. The van der Waals surface area contributed by atoms with E-state index < -0.39 is 12.0 Å². The second-order valence-corrected chi connectivity index (χ2v) is 13.6. The number of phenolic OH excluding ortho intramolecular Hbond substituents is 1. The van der Waals surface area contributed by atoms with Gasteiger partial charge in [0.15, 0.2) is 0 Å². The number of aromatic hydroxyl groups is 1. The molecule has 0 radical (unpaired) electrons. The number of aliphatic carboxylic acids is 1. The van der Waals surface area contributed by atoms with E-state index in [0.29, 0.717) is 12.2 Å². The number of phenols is 1. The molecule has 1 aliphatic rings. The van der Waals surface area contributed by atoms with Crippen molar-refractivity contribution >= 4 is 73.7 Å². The summed E-state index contributed by atoms with van der Waals surface area (Å²) in [6.45, 7) is 0. The van der Waals surface area contributed by atoms with Crippen LogP contribution in [0.3, 0.4) is 0 Å². The van der Waals surface area contributed by atoms with Crippen molar-refractivity contribution in [2.75, 3.05) is 0 Å². The highest BCUT2D eigenvalue weighted by atomic mass is 127. The molecule has 0 saturated heterocycles. The SMILES string of the molecule is N[C@@H](CC1(I)C=CC(Oc2ccc(O)cc2)C(I)(I)C1)C(=O)O. The maximum absolute atomic E-state index is 11.0. The van der Waals surface area contributed by atoms with Gasteiger partial charge in [-0.25, -0.2) is 0 Å². The van der Waals surface area contributed by atoms with Crippen LogP contribution in [0.25, 0.3) is 0 Å². The van der Waals surface area contributed by atoms with E-state index in [4.69, 9.17) is 15.6 Å². The predicted molar refractivity (Wildman–Crippen MR) is 114 cm³/mol. The van der Waals surface area contributed by atoms with Crippen LogP contribution < -0.4 is 10.5 Å². The van der Waals surface area contributed by atoms with Gasteiger partial charge in [-0.1, -0.05) is 73.8 Å². The molecule has 8 heteroatoms. The quantitative estimate of drug-likeness (QED) is 0.256. The van der Waals surface area contributed by atoms with E-state index in [1.54, 1.807) is 24.3 Å². The molecule has 0 fully saturated rings. The molecule has 0 saturated carbocycles. The standard InChI is InChI=1S/C15H16I3NO4/c16-14(7-11(19)13(21)22)6-5-12(15(17,18)8-14)23-10-3-1-9(20)2-4-10/h1-6,11-12,20H,7-8,19H2,(H,21,22)/t11-,12?,14?/m0/s1. The van der Waals surface area contributed by atoms with E-state index in [0.717, 1.165) is 6.42 Å². The zero-order valence-corrected chi connectivity index (χ0v) is 18.4. The fraction of sp³-hybridized carbons (Fsp3) is 0.400. The second kappa shape index (κ2) is 7.60. The zero-order valence-electron chi connectivity index (χ0n) is 12.0. The number of carboxylic acids is 1. The van der Waals surface area contributed by atoms with Crippen LogP contribution in [0.15, 0.2) is 36.4 Å². The van der Waals surface area contributed by atoms with Gasteiger partial charge >= 0.3 is 5.97 Å². The Bertz CT molecular complexity index is 605. The van der Waals surface area contributed by atoms with Gasteiger partial charge in [0.05, 0.1) is 0 Å². The summed E-state index contributed by atoms with van der Waals surface area (Å²) < 4.78 is 5.46. The van der Waals surface area contributed by atoms with Crippen LogP contribution in [0.5, 0.6) is 11.5 Å². The van der Waals surface area contributed by atoms with Crippen LogP contribution in [0.2, 0.25) is 0 Å². The van der Waals surface area contributed by atoms with Crippen molar-refractivity contribution in [3.05, 3.63) is 36.4 Å². The minimum atomic E-state index is -0.982. The minimum absolute atomic E-state index is 0.155. The Morgan fingerprint density at radius 2 is 1.96 bits per heavy atom. The van der Waals surface area contributed by atoms with Crippen LogP contribution in [0, 0.1) is 0 Å². The summed E-state index contributed by atoms with van der Waals surface area (Å²) in [7, 11) is 0. The van der Waals surface area contributed by atoms with Crippen molar-refractivity contribution in [3.63, 3.8) is 0 Å². The largest absolute Gasteiger partial charge is 0.508 e. The molecule has 2 rings (SSSR count). The predicted octanol–water partition coefficient (Wildman–Crippen LogP) is 3.64. The average molecular weight is 655 g/mol. The van der Waals surface area contributed by atoms with Crippen LogP contribution in [0.4, 0.5) is 0 Å². The third kappa shape index (κ3) is 5.33. The van der Waals surface area contributed by atoms with Crippen molar-refractivity contribution in [2.45, 2.75) is 29.8 Å². The molecule has 1 aromatic carbocycles. The van der Waals surface area contributed by atoms with Crippen LogP contribution in [0.1, 0.15) is 12.8 Å². The summed E-state index contributed by atoms with van der Waals surface area (Å²) in [6, 6.07) is 5.73. The number of carboxylic acid groups (broad SMARTS) is 1. The Kier molecular flexibility index (Phi) is 6.45. The Labute approximate surface area is 175 Å². The number of halogens is 3. The van der Waals surface area contributed by atoms with Crippen LogP contribution in [-0.2, 0) is 4.79 Å². The Morgan fingerprint density at radius 3 is 2.48 bits per heavy atom. The monoisotopic (exact) mass is 655 g/mol. The fourth-order valence-corrected chi connectivity index (χ4v) is 7.12. The highest BCUT2D eigenvalue weighted by molar-refractivity contribution is 14.2. The third-order valence-electron chi connectivity index (χ3n) is 3.49. The molecule has 2 unspecified atom stereocenters. The summed E-state index contributed by atoms with van der Waals surface area (Å²) in [5.74, 6) is -0.108. The van der Waals surface area contributed by atoms with E-state index in [1.807, 2.05) is 12.2 Å². The summed E-state index contributed by atoms with van der Waals surface area (Å²) >= 11 is 6.97. The molecule has 126 valence electrons. The number of hydrogen-bond donors (Lipinski definition) is 3. The van der Waals surface area contributed by atoms with E-state index in [2.05, 4.69) is 67.8 Å². The lowest BCUT2D eigenvalue weighted by Crippen LogP contribution is -2.46. The summed E-state index contributed by atoms with van der Waals surface area (Å²) in [5, 5.41) is 18.4. The van der Waals surface area contributed by atoms with Gasteiger partial charge in [0, 0.05) is 3.42 Å². The lowest BCUT2D eigenvalue weighted by atomic mass is 9.88. The minimum Gasteiger partial charge on any atom is -0.508 e. The van der Waals surface area contributed by atoms with Gasteiger partial charge < -0.3 is 20.7 Å². The van der Waals surface area contributed by atoms with Gasteiger partial charge in [0.1, 0.15) is 25.1 Å². The number of nitrogens with two attached hydrogens (primary N) is 1. The maximum Gasteiger partial charge on any atom is 0.320 e. The lowest BCUT2D eigenvalue weighted by Gasteiger charge is -2.40. The summed E-state index contributed by atoms with van der Waals surface area (Å²) in [4.78, 5) is 11.0. The zero-order chi connectivity index (χ0) is 17.3. The van der Waals surface area contributed by atoms with E-state index in [9.17, 15) is 9.90 Å². The van der Waals surface area contributed by atoms with Gasteiger partial charge in [0.2, 0.25) is 0 Å². The first kappa shape index (κ1) is 19.5. The molecule has 0 aromatic heterocycles. The highest BCUT2D eigenvalue weighted by Gasteiger charge is 2.45. The van der Waals surface area contributed by atoms with E-state index in [-0.39, 0.29) is 16.7 Å². The number of ether oxygens (including phenoxy) is 1. The number of benzene rings is 1. The van der Waals surface area contributed by atoms with Crippen molar-refractivity contribution in [1.82, 2.24) is 0 Å². The molecule has 0 spiro atoms. The van der Waals surface area contributed by atoms with Gasteiger partial charge in [0.25, 0.3) is 0 Å². The van der Waals surface area contributed by atoms with Gasteiger partial charge in [-0.3, -0.25) is 4.79 Å². The van der Waals surface area contributed by atoms with E-state index in [1.165, 1.54) is 0 Å². The van der Waals surface area contributed by atoms with Crippen molar-refractivity contribution in [3.8, 4) is 11.5 Å². The highest BCUT2D eigenvalue weighted by Crippen LogP contribution is 2.49. The molecule has 5 nitrogen and oxygen atoms in total. The fourth-order valence-electron chi connectivity index (χ4n) is 2.34. The number of rotatable bonds is 5. The third-order valence-corrected chi connectivity index (χ3v) is 6.66. The molecule has 23 heavy (non-hydrogen) atoms. The first-order valence-electron chi connectivity index (χ1n) is 6.81. The molecule has 4 N–H and O–H groups in total. The lowest BCUT2D eigenvalue weighted by molar-refractivity contribution is -0.138. The topological polar surface area (TPSA) is 92.8 Å². The number of alkyl halides is 3. The van der Waals surface area contributed by atoms with Crippen molar-refractivity contribution in [1.29, 1.82) is 0 Å².